The number of aliphatic carboxylic acids is 1. The van der Waals surface area contributed by atoms with Crippen molar-refractivity contribution in [3.63, 3.8) is 0 Å². The Labute approximate surface area is 210 Å². The van der Waals surface area contributed by atoms with Gasteiger partial charge in [-0.1, -0.05) is 75.7 Å². The van der Waals surface area contributed by atoms with E-state index in [0.717, 1.165) is 28.7 Å². The van der Waals surface area contributed by atoms with Crippen molar-refractivity contribution in [1.29, 1.82) is 0 Å². The van der Waals surface area contributed by atoms with Crippen molar-refractivity contribution < 1.29 is 24.2 Å². The van der Waals surface area contributed by atoms with E-state index in [1.807, 2.05) is 57.2 Å². The number of hydrogen-bond acceptors (Lipinski definition) is 5. The molecule has 3 atom stereocenters. The number of carbonyl (C=O) groups excluding carboxylic acids is 2. The molecule has 2 amide bonds. The lowest BCUT2D eigenvalue weighted by molar-refractivity contribution is -0.150. The van der Waals surface area contributed by atoms with Crippen molar-refractivity contribution in [1.82, 2.24) is 10.2 Å². The molecule has 4 rings (SSSR count). The quantitative estimate of drug-likeness (QED) is 0.550. The SMILES string of the molecule is CCCC1SCC(C(=O)O)N1C(=O)C(NC(=O)OCC1c2ccccc2-c2ccccc21)C(C)C. The highest BCUT2D eigenvalue weighted by atomic mass is 32.2. The van der Waals surface area contributed by atoms with Gasteiger partial charge in [0.1, 0.15) is 18.7 Å². The standard InChI is InChI=1S/C27H32N2O5S/c1-4-9-23-29(22(15-35-23)26(31)32)25(30)24(16(2)3)28-27(33)34-14-21-19-12-7-5-10-17(19)18-11-6-8-13-20(18)21/h5-8,10-13,16,21-24H,4,9,14-15H2,1-3H3,(H,28,33)(H,31,32). The minimum Gasteiger partial charge on any atom is -0.480 e. The molecule has 1 aliphatic carbocycles. The lowest BCUT2D eigenvalue weighted by atomic mass is 9.98. The highest BCUT2D eigenvalue weighted by Gasteiger charge is 2.44. The molecule has 7 nitrogen and oxygen atoms in total. The Morgan fingerprint density at radius 3 is 2.23 bits per heavy atom. The maximum Gasteiger partial charge on any atom is 0.407 e. The van der Waals surface area contributed by atoms with E-state index in [0.29, 0.717) is 12.2 Å². The van der Waals surface area contributed by atoms with Crippen molar-refractivity contribution >= 4 is 29.7 Å². The van der Waals surface area contributed by atoms with Crippen molar-refractivity contribution in [2.24, 2.45) is 5.92 Å². The number of benzene rings is 2. The molecule has 8 heteroatoms. The molecule has 2 N–H and O–H groups in total. The molecule has 2 aliphatic rings. The van der Waals surface area contributed by atoms with Gasteiger partial charge in [-0.05, 0) is 34.6 Å². The smallest absolute Gasteiger partial charge is 0.407 e. The van der Waals surface area contributed by atoms with E-state index < -0.39 is 24.1 Å². The zero-order valence-electron chi connectivity index (χ0n) is 20.3. The Balaban J connectivity index is 1.46. The number of carbonyl (C=O) groups is 3. The summed E-state index contributed by atoms with van der Waals surface area (Å²) in [6, 6.07) is 14.4. The lowest BCUT2D eigenvalue weighted by Gasteiger charge is -2.32. The fraction of sp³-hybridized carbons (Fsp3) is 0.444. The van der Waals surface area contributed by atoms with Crippen LogP contribution in [-0.4, -0.2) is 57.8 Å². The number of thioether (sulfide) groups is 1. The zero-order chi connectivity index (χ0) is 25.1. The van der Waals surface area contributed by atoms with Crippen molar-refractivity contribution in [3.05, 3.63) is 59.7 Å². The number of alkyl carbamates (subject to hydrolysis) is 1. The number of fused-ring (bicyclic) bond motifs is 3. The van der Waals surface area contributed by atoms with Crippen molar-refractivity contribution in [2.75, 3.05) is 12.4 Å². The van der Waals surface area contributed by atoms with Crippen LogP contribution < -0.4 is 5.32 Å². The maximum atomic E-state index is 13.5. The molecule has 3 unspecified atom stereocenters. The van der Waals surface area contributed by atoms with E-state index in [2.05, 4.69) is 17.4 Å². The number of amides is 2. The first kappa shape index (κ1) is 25.1. The fourth-order valence-corrected chi connectivity index (χ4v) is 6.48. The molecular weight excluding hydrogens is 464 g/mol. The van der Waals surface area contributed by atoms with Gasteiger partial charge in [-0.15, -0.1) is 11.8 Å². The predicted molar refractivity (Wildman–Crippen MR) is 136 cm³/mol. The lowest BCUT2D eigenvalue weighted by Crippen LogP contribution is -2.56. The molecule has 1 saturated heterocycles. The van der Waals surface area contributed by atoms with E-state index in [1.165, 1.54) is 16.7 Å². The second-order valence-electron chi connectivity index (χ2n) is 9.37. The van der Waals surface area contributed by atoms with Crippen molar-refractivity contribution in [3.8, 4) is 11.1 Å². The van der Waals surface area contributed by atoms with Gasteiger partial charge in [0.2, 0.25) is 5.91 Å². The summed E-state index contributed by atoms with van der Waals surface area (Å²) in [5, 5.41) is 12.2. The monoisotopic (exact) mass is 496 g/mol. The molecule has 2 aromatic carbocycles. The van der Waals surface area contributed by atoms with Gasteiger partial charge in [-0.3, -0.25) is 4.79 Å². The first-order valence-electron chi connectivity index (χ1n) is 12.1. The third-order valence-electron chi connectivity index (χ3n) is 6.72. The summed E-state index contributed by atoms with van der Waals surface area (Å²) in [5.41, 5.74) is 4.50. The topological polar surface area (TPSA) is 95.9 Å². The summed E-state index contributed by atoms with van der Waals surface area (Å²) in [6.07, 6.45) is 0.861. The summed E-state index contributed by atoms with van der Waals surface area (Å²) < 4.78 is 5.64. The minimum absolute atomic E-state index is 0.0818. The van der Waals surface area contributed by atoms with Crippen LogP contribution in [0, 0.1) is 5.92 Å². The summed E-state index contributed by atoms with van der Waals surface area (Å²) >= 11 is 1.48. The van der Waals surface area contributed by atoms with E-state index in [-0.39, 0.29) is 29.7 Å². The van der Waals surface area contributed by atoms with Crippen LogP contribution in [0.5, 0.6) is 0 Å². The van der Waals surface area contributed by atoms with Crippen molar-refractivity contribution in [2.45, 2.75) is 57.0 Å². The number of nitrogens with zero attached hydrogens (tertiary/aromatic N) is 1. The third kappa shape index (κ3) is 5.03. The van der Waals surface area contributed by atoms with Gasteiger partial charge in [0.15, 0.2) is 0 Å². The average Bonchev–Trinajstić information content (AvgIpc) is 3.40. The molecule has 0 spiro atoms. The maximum absolute atomic E-state index is 13.5. The van der Waals surface area contributed by atoms with Gasteiger partial charge in [0, 0.05) is 11.7 Å². The van der Waals surface area contributed by atoms with Crippen LogP contribution in [0.3, 0.4) is 0 Å². The van der Waals surface area contributed by atoms with Gasteiger partial charge in [-0.25, -0.2) is 9.59 Å². The van der Waals surface area contributed by atoms with Gasteiger partial charge in [0.25, 0.3) is 0 Å². The number of nitrogens with one attached hydrogen (secondary N) is 1. The van der Waals surface area contributed by atoms with Crippen LogP contribution >= 0.6 is 11.8 Å². The highest BCUT2D eigenvalue weighted by Crippen LogP contribution is 2.44. The normalized spacial score (nSPS) is 19.8. The highest BCUT2D eigenvalue weighted by molar-refractivity contribution is 8.00. The summed E-state index contributed by atoms with van der Waals surface area (Å²) in [6.45, 7) is 5.82. The summed E-state index contributed by atoms with van der Waals surface area (Å²) in [7, 11) is 0. The second kappa shape index (κ2) is 10.7. The molecule has 186 valence electrons. The predicted octanol–water partition coefficient (Wildman–Crippen LogP) is 4.70. The van der Waals surface area contributed by atoms with E-state index in [9.17, 15) is 19.5 Å². The number of carboxylic acids is 1. The van der Waals surface area contributed by atoms with Crippen LogP contribution in [-0.2, 0) is 14.3 Å². The van der Waals surface area contributed by atoms with Gasteiger partial charge in [-0.2, -0.15) is 0 Å². The Kier molecular flexibility index (Phi) is 7.69. The first-order valence-corrected chi connectivity index (χ1v) is 13.2. The molecule has 0 bridgehead atoms. The molecule has 2 aromatic rings. The van der Waals surface area contributed by atoms with Crippen LogP contribution in [0.1, 0.15) is 50.7 Å². The van der Waals surface area contributed by atoms with Crippen LogP contribution in [0.25, 0.3) is 11.1 Å². The van der Waals surface area contributed by atoms with Crippen LogP contribution in [0.4, 0.5) is 4.79 Å². The molecule has 0 saturated carbocycles. The first-order chi connectivity index (χ1) is 16.8. The van der Waals surface area contributed by atoms with Gasteiger partial charge < -0.3 is 20.1 Å². The molecule has 35 heavy (non-hydrogen) atoms. The van der Waals surface area contributed by atoms with Gasteiger partial charge in [0.05, 0.1) is 5.37 Å². The zero-order valence-corrected chi connectivity index (χ0v) is 21.1. The number of carboxylic acid groups (broad SMARTS) is 1. The second-order valence-corrected chi connectivity index (χ2v) is 10.6. The summed E-state index contributed by atoms with van der Waals surface area (Å²) in [4.78, 5) is 39.6. The molecule has 0 aromatic heterocycles. The molecule has 1 aliphatic heterocycles. The van der Waals surface area contributed by atoms with E-state index >= 15 is 0 Å². The van der Waals surface area contributed by atoms with Crippen LogP contribution in [0.15, 0.2) is 48.5 Å². The largest absolute Gasteiger partial charge is 0.480 e. The third-order valence-corrected chi connectivity index (χ3v) is 8.07. The Morgan fingerprint density at radius 2 is 1.69 bits per heavy atom. The Bertz CT molecular complexity index is 1060. The number of ether oxygens (including phenoxy) is 1. The molecule has 1 fully saturated rings. The number of rotatable bonds is 8. The minimum atomic E-state index is -1.02. The molecule has 1 heterocycles. The average molecular weight is 497 g/mol. The Morgan fingerprint density at radius 1 is 1.09 bits per heavy atom. The fourth-order valence-electron chi connectivity index (χ4n) is 4.96. The van der Waals surface area contributed by atoms with E-state index in [4.69, 9.17) is 4.74 Å². The Hall–Kier alpha value is -3.00. The van der Waals surface area contributed by atoms with Crippen LogP contribution in [0.2, 0.25) is 0 Å². The summed E-state index contributed by atoms with van der Waals surface area (Å²) in [5.74, 6) is -1.36. The van der Waals surface area contributed by atoms with Gasteiger partial charge >= 0.3 is 12.1 Å². The molecule has 0 radical (unpaired) electrons. The van der Waals surface area contributed by atoms with E-state index in [1.54, 1.807) is 0 Å². The number of hydrogen-bond donors (Lipinski definition) is 2. The molecular formula is C27H32N2O5S.